The van der Waals surface area contributed by atoms with Crippen LogP contribution in [0.5, 0.6) is 0 Å². The Morgan fingerprint density at radius 1 is 1.35 bits per heavy atom. The number of nitrogens with one attached hydrogen (secondary N) is 2. The highest BCUT2D eigenvalue weighted by molar-refractivity contribution is 5.63. The summed E-state index contributed by atoms with van der Waals surface area (Å²) < 4.78 is 13.7. The Bertz CT molecular complexity index is 479. The lowest BCUT2D eigenvalue weighted by Gasteiger charge is -2.04. The fourth-order valence-corrected chi connectivity index (χ4v) is 1.85. The second kappa shape index (κ2) is 5.59. The molecule has 0 amide bonds. The molecule has 2 rings (SSSR count). The summed E-state index contributed by atoms with van der Waals surface area (Å²) in [6, 6.07) is 6.75. The zero-order valence-electron chi connectivity index (χ0n) is 9.83. The molecule has 0 aliphatic carbocycles. The summed E-state index contributed by atoms with van der Waals surface area (Å²) in [6.07, 6.45) is 3.68. The van der Waals surface area contributed by atoms with Gasteiger partial charge in [0.1, 0.15) is 5.82 Å². The zero-order chi connectivity index (χ0) is 12.1. The van der Waals surface area contributed by atoms with Crippen molar-refractivity contribution in [1.82, 2.24) is 15.5 Å². The molecule has 0 aliphatic heterocycles. The highest BCUT2D eigenvalue weighted by Gasteiger charge is 2.10. The highest BCUT2D eigenvalue weighted by atomic mass is 19.1. The fourth-order valence-electron chi connectivity index (χ4n) is 1.85. The number of aromatic amines is 1. The lowest BCUT2D eigenvalue weighted by atomic mass is 10.0. The van der Waals surface area contributed by atoms with Gasteiger partial charge in [0, 0.05) is 5.56 Å². The molecule has 1 aromatic heterocycles. The number of aryl methyl sites for hydroxylation is 1. The van der Waals surface area contributed by atoms with Crippen molar-refractivity contribution in [2.24, 2.45) is 0 Å². The van der Waals surface area contributed by atoms with Crippen molar-refractivity contribution in [2.75, 3.05) is 13.6 Å². The minimum absolute atomic E-state index is 0.216. The van der Waals surface area contributed by atoms with E-state index in [1.807, 2.05) is 13.1 Å². The van der Waals surface area contributed by atoms with Crippen molar-refractivity contribution in [3.05, 3.63) is 41.8 Å². The van der Waals surface area contributed by atoms with Crippen molar-refractivity contribution < 1.29 is 4.39 Å². The Morgan fingerprint density at radius 2 is 2.18 bits per heavy atom. The van der Waals surface area contributed by atoms with Crippen LogP contribution in [-0.2, 0) is 6.42 Å². The molecular weight excluding hydrogens is 217 g/mol. The second-order valence-electron chi connectivity index (χ2n) is 3.96. The number of rotatable bonds is 5. The lowest BCUT2D eigenvalue weighted by molar-refractivity contribution is 0.630. The van der Waals surface area contributed by atoms with Gasteiger partial charge in [0.2, 0.25) is 0 Å². The van der Waals surface area contributed by atoms with Gasteiger partial charge in [0.05, 0.1) is 11.9 Å². The third kappa shape index (κ3) is 2.71. The molecular formula is C13H16FN3. The maximum absolute atomic E-state index is 13.7. The van der Waals surface area contributed by atoms with Crippen LogP contribution < -0.4 is 5.32 Å². The molecule has 2 aromatic rings. The molecule has 0 aliphatic rings. The predicted molar refractivity (Wildman–Crippen MR) is 66.2 cm³/mol. The topological polar surface area (TPSA) is 40.7 Å². The summed E-state index contributed by atoms with van der Waals surface area (Å²) in [4.78, 5) is 0. The Hall–Kier alpha value is -1.68. The molecule has 0 saturated carbocycles. The van der Waals surface area contributed by atoms with Crippen LogP contribution in [-0.4, -0.2) is 23.8 Å². The van der Waals surface area contributed by atoms with Crippen molar-refractivity contribution in [1.29, 1.82) is 0 Å². The third-order valence-corrected chi connectivity index (χ3v) is 2.73. The van der Waals surface area contributed by atoms with Gasteiger partial charge in [-0.1, -0.05) is 12.1 Å². The molecule has 0 fully saturated rings. The van der Waals surface area contributed by atoms with E-state index < -0.39 is 0 Å². The van der Waals surface area contributed by atoms with Crippen LogP contribution in [0.4, 0.5) is 4.39 Å². The van der Waals surface area contributed by atoms with Crippen LogP contribution in [0.1, 0.15) is 12.0 Å². The molecule has 0 unspecified atom stereocenters. The first-order valence-corrected chi connectivity index (χ1v) is 5.74. The smallest absolute Gasteiger partial charge is 0.132 e. The van der Waals surface area contributed by atoms with Gasteiger partial charge in [-0.05, 0) is 44.1 Å². The van der Waals surface area contributed by atoms with Gasteiger partial charge in [-0.25, -0.2) is 4.39 Å². The van der Waals surface area contributed by atoms with Crippen LogP contribution in [0, 0.1) is 5.82 Å². The van der Waals surface area contributed by atoms with Gasteiger partial charge < -0.3 is 5.32 Å². The maximum atomic E-state index is 13.7. The van der Waals surface area contributed by atoms with Crippen molar-refractivity contribution in [2.45, 2.75) is 12.8 Å². The van der Waals surface area contributed by atoms with E-state index in [-0.39, 0.29) is 5.82 Å². The van der Waals surface area contributed by atoms with E-state index in [9.17, 15) is 4.39 Å². The van der Waals surface area contributed by atoms with Crippen LogP contribution in [0.2, 0.25) is 0 Å². The maximum Gasteiger partial charge on any atom is 0.132 e. The Labute approximate surface area is 100 Å². The Kier molecular flexibility index (Phi) is 3.88. The van der Waals surface area contributed by atoms with Crippen LogP contribution >= 0.6 is 0 Å². The molecule has 0 spiro atoms. The number of benzene rings is 1. The molecule has 0 saturated heterocycles. The van der Waals surface area contributed by atoms with E-state index in [2.05, 4.69) is 15.5 Å². The quantitative estimate of drug-likeness (QED) is 0.778. The normalized spacial score (nSPS) is 10.7. The lowest BCUT2D eigenvalue weighted by Crippen LogP contribution is -2.08. The van der Waals surface area contributed by atoms with Gasteiger partial charge in [0.15, 0.2) is 0 Å². The van der Waals surface area contributed by atoms with E-state index in [1.165, 1.54) is 6.07 Å². The second-order valence-corrected chi connectivity index (χ2v) is 3.96. The molecule has 0 radical (unpaired) electrons. The number of aromatic nitrogens is 2. The molecule has 0 atom stereocenters. The zero-order valence-corrected chi connectivity index (χ0v) is 9.83. The first kappa shape index (κ1) is 11.8. The van der Waals surface area contributed by atoms with E-state index in [1.54, 1.807) is 18.3 Å². The minimum Gasteiger partial charge on any atom is -0.320 e. The summed E-state index contributed by atoms with van der Waals surface area (Å²) in [5, 5.41) is 9.98. The SMILES string of the molecule is CNCCCc1cn[nH]c1-c1ccccc1F. The van der Waals surface area contributed by atoms with Gasteiger partial charge in [0.25, 0.3) is 0 Å². The summed E-state index contributed by atoms with van der Waals surface area (Å²) in [5.74, 6) is -0.216. The predicted octanol–water partition coefficient (Wildman–Crippen LogP) is 2.37. The van der Waals surface area contributed by atoms with Gasteiger partial charge in [-0.3, -0.25) is 5.10 Å². The molecule has 3 nitrogen and oxygen atoms in total. The number of hydrogen-bond donors (Lipinski definition) is 2. The fraction of sp³-hybridized carbons (Fsp3) is 0.308. The van der Waals surface area contributed by atoms with Crippen molar-refractivity contribution in [3.8, 4) is 11.3 Å². The highest BCUT2D eigenvalue weighted by Crippen LogP contribution is 2.24. The average Bonchev–Trinajstić information content (AvgIpc) is 2.78. The van der Waals surface area contributed by atoms with Crippen LogP contribution in [0.25, 0.3) is 11.3 Å². The largest absolute Gasteiger partial charge is 0.320 e. The van der Waals surface area contributed by atoms with E-state index in [4.69, 9.17) is 0 Å². The van der Waals surface area contributed by atoms with E-state index in [0.717, 1.165) is 30.6 Å². The van der Waals surface area contributed by atoms with Crippen molar-refractivity contribution >= 4 is 0 Å². The van der Waals surface area contributed by atoms with Gasteiger partial charge in [-0.15, -0.1) is 0 Å². The molecule has 90 valence electrons. The van der Waals surface area contributed by atoms with E-state index in [0.29, 0.717) is 5.56 Å². The van der Waals surface area contributed by atoms with Gasteiger partial charge in [-0.2, -0.15) is 5.10 Å². The molecule has 2 N–H and O–H groups in total. The Balaban J connectivity index is 2.22. The summed E-state index contributed by atoms with van der Waals surface area (Å²) in [7, 11) is 1.92. The number of H-pyrrole nitrogens is 1. The summed E-state index contributed by atoms with van der Waals surface area (Å²) >= 11 is 0. The molecule has 1 heterocycles. The standard InChI is InChI=1S/C13H16FN3/c1-15-8-4-5-10-9-16-17-13(10)11-6-2-3-7-12(11)14/h2-3,6-7,9,15H,4-5,8H2,1H3,(H,16,17). The molecule has 0 bridgehead atoms. The summed E-state index contributed by atoms with van der Waals surface area (Å²) in [5.41, 5.74) is 2.44. The molecule has 17 heavy (non-hydrogen) atoms. The van der Waals surface area contributed by atoms with E-state index >= 15 is 0 Å². The first-order chi connectivity index (χ1) is 8.33. The third-order valence-electron chi connectivity index (χ3n) is 2.73. The average molecular weight is 233 g/mol. The molecule has 4 heteroatoms. The summed E-state index contributed by atoms with van der Waals surface area (Å²) in [6.45, 7) is 0.946. The van der Waals surface area contributed by atoms with Gasteiger partial charge >= 0.3 is 0 Å². The number of hydrogen-bond acceptors (Lipinski definition) is 2. The monoisotopic (exact) mass is 233 g/mol. The minimum atomic E-state index is -0.216. The van der Waals surface area contributed by atoms with Crippen LogP contribution in [0.15, 0.2) is 30.5 Å². The molecule has 1 aromatic carbocycles. The Morgan fingerprint density at radius 3 is 2.94 bits per heavy atom. The first-order valence-electron chi connectivity index (χ1n) is 5.74. The number of halogens is 1. The van der Waals surface area contributed by atoms with Crippen LogP contribution in [0.3, 0.4) is 0 Å². The van der Waals surface area contributed by atoms with Crippen molar-refractivity contribution in [3.63, 3.8) is 0 Å². The number of nitrogens with zero attached hydrogens (tertiary/aromatic N) is 1.